The third kappa shape index (κ3) is 12.6. The van der Waals surface area contributed by atoms with Gasteiger partial charge < -0.3 is 36.2 Å². The number of hydrogen-bond acceptors (Lipinski definition) is 2. The van der Waals surface area contributed by atoms with Crippen molar-refractivity contribution in [2.24, 2.45) is 0 Å². The molecule has 1 aliphatic rings. The Morgan fingerprint density at radius 3 is 1.07 bits per heavy atom. The monoisotopic (exact) mass is 1900 g/mol. The summed E-state index contributed by atoms with van der Waals surface area (Å²) in [6.45, 7) is 4.70. The van der Waals surface area contributed by atoms with E-state index in [1.165, 1.54) is 202 Å². The topological polar surface area (TPSA) is 55.9 Å². The predicted octanol–water partition coefficient (Wildman–Crippen LogP) is 38.2. The lowest BCUT2D eigenvalue weighted by molar-refractivity contribution is 0.660. The van der Waals surface area contributed by atoms with Gasteiger partial charge in [0.2, 0.25) is 0 Å². The highest BCUT2D eigenvalue weighted by atomic mass is 16.3. The van der Waals surface area contributed by atoms with E-state index in [-0.39, 0.29) is 5.41 Å². The maximum Gasteiger partial charge on any atom is 0.143 e. The van der Waals surface area contributed by atoms with Gasteiger partial charge in [-0.25, -0.2) is 0 Å². The molecule has 149 heavy (non-hydrogen) atoms. The molecule has 0 fully saturated rings. The van der Waals surface area contributed by atoms with Crippen LogP contribution in [0.3, 0.4) is 0 Å². The first-order valence-electron chi connectivity index (χ1n) is 51.4. The van der Waals surface area contributed by atoms with Crippen LogP contribution >= 0.6 is 0 Å². The molecule has 24 aromatic carbocycles. The van der Waals surface area contributed by atoms with E-state index in [9.17, 15) is 0 Å². The first-order chi connectivity index (χ1) is 73.7. The van der Waals surface area contributed by atoms with Crippen molar-refractivity contribution in [3.63, 3.8) is 0 Å². The number of fused-ring (bicyclic) bond motifs is 36. The highest BCUT2D eigenvalue weighted by Gasteiger charge is 2.37. The zero-order valence-corrected chi connectivity index (χ0v) is 81.5. The van der Waals surface area contributed by atoms with Crippen molar-refractivity contribution in [1.82, 2.24) is 27.4 Å². The van der Waals surface area contributed by atoms with Gasteiger partial charge in [-0.15, -0.1) is 0 Å². The van der Waals surface area contributed by atoms with Crippen molar-refractivity contribution in [2.75, 3.05) is 0 Å². The van der Waals surface area contributed by atoms with Gasteiger partial charge in [-0.2, -0.15) is 0 Å². The predicted molar refractivity (Wildman–Crippen MR) is 626 cm³/mol. The lowest BCUT2D eigenvalue weighted by Gasteiger charge is -2.21. The standard InChI is InChI=1S/C49H34N2.2C46H28N2O/c1-49(2)42-20-10-8-18-38(42)48-36(19-12-21-43(48)49)31-23-25-35(26-24-31)51-45-28-33-14-7-6-13-32(33)27-39(45)41-30-46-40(29-47(41)51)37-17-9-11-22-44(37)50(46)34-15-4-3-5-16-34;1-2-13-30(14-3-1)47-39-22-9-6-18-37(39)42-34-16-4-5-17-35(34)43-38-19-7-10-23-40(38)48(45(43)44(42)47)31-27-25-29(26-28-31)32-20-12-21-36-33-15-8-11-24-41(33)49-46(32)36;1-2-12-31(13-3-1)48-39-19-9-6-17-37(39)43-35-15-4-5-16-36(35)45-44(46(43)48)38-18-7-10-20-40(38)47(45)32-25-22-29(23-26-32)30-24-27-34-33-14-8-11-21-41(33)49-42(34)28-30/h3-30H,1-2H3;2*1-28H. The Kier molecular flexibility index (Phi) is 18.5. The molecule has 32 aromatic rings. The van der Waals surface area contributed by atoms with Crippen molar-refractivity contribution in [3.8, 4) is 78.6 Å². The van der Waals surface area contributed by atoms with E-state index in [1.807, 2.05) is 24.3 Å². The number of rotatable bonds is 9. The maximum atomic E-state index is 6.42. The van der Waals surface area contributed by atoms with Gasteiger partial charge in [0.1, 0.15) is 22.3 Å². The molecule has 0 atom stereocenters. The quantitative estimate of drug-likeness (QED) is 0.145. The van der Waals surface area contributed by atoms with Crippen molar-refractivity contribution in [2.45, 2.75) is 19.3 Å². The molecule has 8 aromatic heterocycles. The van der Waals surface area contributed by atoms with Crippen LogP contribution in [0.4, 0.5) is 0 Å². The number of hydrogen-bond donors (Lipinski definition) is 0. The van der Waals surface area contributed by atoms with Crippen LogP contribution in [0, 0.1) is 0 Å². The largest absolute Gasteiger partial charge is 0.456 e. The van der Waals surface area contributed by atoms with Crippen molar-refractivity contribution in [1.29, 1.82) is 0 Å². The van der Waals surface area contributed by atoms with Gasteiger partial charge in [-0.3, -0.25) is 0 Å². The van der Waals surface area contributed by atoms with E-state index in [4.69, 9.17) is 8.83 Å². The summed E-state index contributed by atoms with van der Waals surface area (Å²) in [7, 11) is 0. The molecule has 696 valence electrons. The first kappa shape index (κ1) is 84.0. The highest BCUT2D eigenvalue weighted by molar-refractivity contribution is 6.39. The lowest BCUT2D eigenvalue weighted by Crippen LogP contribution is -2.14. The fraction of sp³-hybridized carbons (Fsp3) is 0.0213. The number of benzene rings is 24. The second-order valence-electron chi connectivity index (χ2n) is 40.3. The maximum absolute atomic E-state index is 6.42. The molecular weight excluding hydrogens is 1810 g/mol. The Balaban J connectivity index is 0.000000101. The van der Waals surface area contributed by atoms with E-state index in [2.05, 4.69) is 527 Å². The molecule has 0 unspecified atom stereocenters. The molecule has 8 heteroatoms. The first-order valence-corrected chi connectivity index (χ1v) is 51.4. The van der Waals surface area contributed by atoms with Crippen molar-refractivity contribution < 1.29 is 8.83 Å². The molecule has 0 radical (unpaired) electrons. The fourth-order valence-corrected chi connectivity index (χ4v) is 25.6. The SMILES string of the molecule is CC1(C)c2ccccc2-c2c(-c3ccc(-n4c5cc6ccccc6cc5c5cc6c(cc54)c4ccccc4n6-c4ccccc4)cc3)cccc21.c1ccc(-n2c3ccccc3c3c4ccccc4c4c(c5ccccc5n4-c4ccc(-c5ccc6c(c5)oc5ccccc56)cc4)c32)cc1.c1ccc(-n2c3ccccc3c3c4ccccc4c4c5ccccc5n(-c5ccc(-c6cccc7c6oc6ccccc67)cc5)c4c32)cc1. The van der Waals surface area contributed by atoms with Gasteiger partial charge in [0.25, 0.3) is 0 Å². The molecule has 0 N–H and O–H groups in total. The molecule has 0 amide bonds. The van der Waals surface area contributed by atoms with Crippen LogP contribution < -0.4 is 0 Å². The van der Waals surface area contributed by atoms with Gasteiger partial charge >= 0.3 is 0 Å². The van der Waals surface area contributed by atoms with Gasteiger partial charge in [0.05, 0.1) is 66.2 Å². The average Bonchev–Trinajstić information content (AvgIpc) is 1.52. The minimum atomic E-state index is -0.0252. The molecule has 0 bridgehead atoms. The van der Waals surface area contributed by atoms with E-state index < -0.39 is 0 Å². The second-order valence-corrected chi connectivity index (χ2v) is 40.3. The normalized spacial score (nSPS) is 12.6. The molecule has 8 nitrogen and oxygen atoms in total. The summed E-state index contributed by atoms with van der Waals surface area (Å²) in [5, 5.41) is 27.3. The smallest absolute Gasteiger partial charge is 0.143 e. The minimum Gasteiger partial charge on any atom is -0.456 e. The van der Waals surface area contributed by atoms with E-state index in [0.717, 1.165) is 94.6 Å². The Bertz CT molecular complexity index is 11200. The van der Waals surface area contributed by atoms with Crippen LogP contribution in [0.5, 0.6) is 0 Å². The summed E-state index contributed by atoms with van der Waals surface area (Å²) in [4.78, 5) is 0. The molecule has 8 heterocycles. The van der Waals surface area contributed by atoms with Crippen LogP contribution in [-0.4, -0.2) is 27.4 Å². The molecule has 0 saturated heterocycles. The number of furan rings is 2. The third-order valence-corrected chi connectivity index (χ3v) is 32.1. The highest BCUT2D eigenvalue weighted by Crippen LogP contribution is 2.55. The Labute approximate surface area is 855 Å². The summed E-state index contributed by atoms with van der Waals surface area (Å²) in [5.41, 5.74) is 37.7. The molecule has 33 rings (SSSR count). The average molecular weight is 1900 g/mol. The second kappa shape index (κ2) is 32.7. The number of aromatic nitrogens is 6. The summed E-state index contributed by atoms with van der Waals surface area (Å²) in [6.07, 6.45) is 0. The third-order valence-electron chi connectivity index (χ3n) is 32.1. The number of nitrogens with zero attached hydrogens (tertiary/aromatic N) is 6. The molecule has 0 spiro atoms. The minimum absolute atomic E-state index is 0.0252. The van der Waals surface area contributed by atoms with Crippen LogP contribution in [0.2, 0.25) is 0 Å². The van der Waals surface area contributed by atoms with Crippen LogP contribution in [0.1, 0.15) is 25.0 Å². The summed E-state index contributed by atoms with van der Waals surface area (Å²) < 4.78 is 27.4. The van der Waals surface area contributed by atoms with Crippen molar-refractivity contribution >= 4 is 207 Å². The Morgan fingerprint density at radius 1 is 0.168 bits per heavy atom. The fourth-order valence-electron chi connectivity index (χ4n) is 25.6. The van der Waals surface area contributed by atoms with Gasteiger partial charge in [0, 0.05) is 137 Å². The van der Waals surface area contributed by atoms with Crippen molar-refractivity contribution in [3.05, 3.63) is 521 Å². The zero-order valence-electron chi connectivity index (χ0n) is 81.5. The van der Waals surface area contributed by atoms with Crippen LogP contribution in [0.15, 0.2) is 518 Å². The molecule has 0 saturated carbocycles. The van der Waals surface area contributed by atoms with Crippen LogP contribution in [-0.2, 0) is 5.41 Å². The van der Waals surface area contributed by atoms with E-state index in [0.29, 0.717) is 0 Å². The van der Waals surface area contributed by atoms with E-state index >= 15 is 0 Å². The molecule has 0 aliphatic heterocycles. The number of para-hydroxylation sites is 11. The van der Waals surface area contributed by atoms with Crippen LogP contribution in [0.25, 0.3) is 286 Å². The molecule has 1 aliphatic carbocycles. The Morgan fingerprint density at radius 2 is 0.503 bits per heavy atom. The van der Waals surface area contributed by atoms with E-state index in [1.54, 1.807) is 0 Å². The lowest BCUT2D eigenvalue weighted by atomic mass is 9.82. The summed E-state index contributed by atoms with van der Waals surface area (Å²) in [6, 6.07) is 185. The Hall–Kier alpha value is -19.5. The van der Waals surface area contributed by atoms with Gasteiger partial charge in [-0.05, 0) is 229 Å². The summed E-state index contributed by atoms with van der Waals surface area (Å²) in [5.74, 6) is 0. The van der Waals surface area contributed by atoms with Gasteiger partial charge in [-0.1, -0.05) is 372 Å². The molecular formula is C141H90N6O2. The zero-order chi connectivity index (χ0) is 98.0. The van der Waals surface area contributed by atoms with Gasteiger partial charge in [0.15, 0.2) is 0 Å². The summed E-state index contributed by atoms with van der Waals surface area (Å²) >= 11 is 0.